The molecule has 1 fully saturated rings. The molecule has 1 saturated carbocycles. The first-order valence-electron chi connectivity index (χ1n) is 7.44. The predicted octanol–water partition coefficient (Wildman–Crippen LogP) is 1.81. The smallest absolute Gasteiger partial charge is 0.327 e. The Morgan fingerprint density at radius 2 is 2.18 bits per heavy atom. The average Bonchev–Trinajstić information content (AvgIpc) is 3.17. The molecule has 122 valence electrons. The molecule has 1 aliphatic rings. The topological polar surface area (TPSA) is 70.4 Å². The Morgan fingerprint density at radius 3 is 2.73 bits per heavy atom. The highest BCUT2D eigenvalue weighted by Crippen LogP contribution is 2.40. The van der Waals surface area contributed by atoms with Crippen LogP contribution in [0.25, 0.3) is 0 Å². The molecule has 0 aliphatic heterocycles. The van der Waals surface area contributed by atoms with Crippen molar-refractivity contribution in [3.63, 3.8) is 0 Å². The van der Waals surface area contributed by atoms with E-state index in [2.05, 4.69) is 5.10 Å². The van der Waals surface area contributed by atoms with E-state index in [1.807, 2.05) is 13.8 Å². The van der Waals surface area contributed by atoms with Gasteiger partial charge in [-0.1, -0.05) is 13.8 Å². The summed E-state index contributed by atoms with van der Waals surface area (Å²) in [5, 5.41) is 4.17. The molecule has 0 unspecified atom stereocenters. The van der Waals surface area contributed by atoms with Gasteiger partial charge in [0, 0.05) is 12.0 Å². The van der Waals surface area contributed by atoms with Crippen LogP contribution in [-0.2, 0) is 16.1 Å². The lowest BCUT2D eigenvalue weighted by atomic mass is 10.1. The Morgan fingerprint density at radius 1 is 1.50 bits per heavy atom. The number of carbonyl (C=O) groups excluding carboxylic acids is 1. The van der Waals surface area contributed by atoms with Crippen LogP contribution < -0.4 is 10.3 Å². The van der Waals surface area contributed by atoms with E-state index in [4.69, 9.17) is 9.47 Å². The van der Waals surface area contributed by atoms with Gasteiger partial charge in [-0.15, -0.1) is 0 Å². The van der Waals surface area contributed by atoms with Crippen LogP contribution >= 0.6 is 0 Å². The maximum Gasteiger partial charge on any atom is 0.327 e. The standard InChI is InChI=1S/C15H21FN2O4/c1-4-21-13(20)8-18-12(19)7-11(14(17-18)10(2)3)22-9-15(16)5-6-15/h7,10H,4-6,8-9H2,1-3H3. The fourth-order valence-electron chi connectivity index (χ4n) is 1.93. The Kier molecular flexibility index (Phi) is 4.83. The first-order valence-corrected chi connectivity index (χ1v) is 7.44. The van der Waals surface area contributed by atoms with E-state index < -0.39 is 17.2 Å². The Balaban J connectivity index is 2.21. The minimum absolute atomic E-state index is 0.0289. The van der Waals surface area contributed by atoms with Gasteiger partial charge >= 0.3 is 5.97 Å². The number of alkyl halides is 1. The third-order valence-corrected chi connectivity index (χ3v) is 3.40. The monoisotopic (exact) mass is 312 g/mol. The van der Waals surface area contributed by atoms with Crippen LogP contribution in [-0.4, -0.2) is 34.6 Å². The van der Waals surface area contributed by atoms with E-state index in [1.54, 1.807) is 6.92 Å². The predicted molar refractivity (Wildman–Crippen MR) is 77.8 cm³/mol. The summed E-state index contributed by atoms with van der Waals surface area (Å²) in [5.74, 6) is -0.274. The van der Waals surface area contributed by atoms with Crippen molar-refractivity contribution < 1.29 is 18.7 Å². The molecule has 22 heavy (non-hydrogen) atoms. The molecule has 0 bridgehead atoms. The fourth-order valence-corrected chi connectivity index (χ4v) is 1.93. The molecule has 7 heteroatoms. The van der Waals surface area contributed by atoms with Gasteiger partial charge in [0.2, 0.25) is 0 Å². The van der Waals surface area contributed by atoms with Gasteiger partial charge in [-0.05, 0) is 19.8 Å². The van der Waals surface area contributed by atoms with Crippen molar-refractivity contribution in [3.8, 4) is 5.75 Å². The van der Waals surface area contributed by atoms with E-state index in [0.717, 1.165) is 4.68 Å². The summed E-state index contributed by atoms with van der Waals surface area (Å²) in [5.41, 5.74) is -1.22. The molecule has 0 aromatic carbocycles. The summed E-state index contributed by atoms with van der Waals surface area (Å²) < 4.78 is 25.0. The third-order valence-electron chi connectivity index (χ3n) is 3.40. The second-order valence-electron chi connectivity index (χ2n) is 5.79. The van der Waals surface area contributed by atoms with Gasteiger partial charge in [0.05, 0.1) is 6.61 Å². The normalized spacial score (nSPS) is 15.7. The van der Waals surface area contributed by atoms with E-state index in [-0.39, 0.29) is 31.4 Å². The SMILES string of the molecule is CCOC(=O)Cn1nc(C(C)C)c(OCC2(F)CC2)cc1=O. The Labute approximate surface area is 128 Å². The molecular formula is C15H21FN2O4. The number of nitrogens with zero attached hydrogens (tertiary/aromatic N) is 2. The molecule has 0 atom stereocenters. The van der Waals surface area contributed by atoms with E-state index in [1.165, 1.54) is 6.07 Å². The van der Waals surface area contributed by atoms with Gasteiger partial charge in [0.1, 0.15) is 30.3 Å². The van der Waals surface area contributed by atoms with Crippen LogP contribution in [0, 0.1) is 0 Å². The molecule has 0 amide bonds. The molecule has 1 aromatic rings. The summed E-state index contributed by atoms with van der Waals surface area (Å²) in [7, 11) is 0. The van der Waals surface area contributed by atoms with Crippen LogP contribution in [0.1, 0.15) is 45.2 Å². The molecule has 2 rings (SSSR count). The fraction of sp³-hybridized carbons (Fsp3) is 0.667. The quantitative estimate of drug-likeness (QED) is 0.718. The van der Waals surface area contributed by atoms with Crippen molar-refractivity contribution in [2.24, 2.45) is 0 Å². The van der Waals surface area contributed by atoms with Gasteiger partial charge in [-0.3, -0.25) is 9.59 Å². The van der Waals surface area contributed by atoms with Crippen LogP contribution in [0.4, 0.5) is 4.39 Å². The highest BCUT2D eigenvalue weighted by molar-refractivity contribution is 5.68. The highest BCUT2D eigenvalue weighted by atomic mass is 19.1. The van der Waals surface area contributed by atoms with E-state index in [9.17, 15) is 14.0 Å². The molecule has 0 radical (unpaired) electrons. The van der Waals surface area contributed by atoms with Gasteiger partial charge in [0.25, 0.3) is 5.56 Å². The molecule has 1 aromatic heterocycles. The molecule has 0 saturated heterocycles. The van der Waals surface area contributed by atoms with Gasteiger partial charge < -0.3 is 9.47 Å². The zero-order valence-corrected chi connectivity index (χ0v) is 13.1. The van der Waals surface area contributed by atoms with E-state index >= 15 is 0 Å². The van der Waals surface area contributed by atoms with Gasteiger partial charge in [0.15, 0.2) is 0 Å². The summed E-state index contributed by atoms with van der Waals surface area (Å²) in [4.78, 5) is 23.5. The molecule has 1 heterocycles. The molecule has 6 nitrogen and oxygen atoms in total. The summed E-state index contributed by atoms with van der Waals surface area (Å²) in [6.45, 7) is 5.38. The zero-order chi connectivity index (χ0) is 16.3. The first-order chi connectivity index (χ1) is 10.3. The summed E-state index contributed by atoms with van der Waals surface area (Å²) in [6.07, 6.45) is 0.967. The number of rotatable bonds is 7. The van der Waals surface area contributed by atoms with Gasteiger partial charge in [-0.2, -0.15) is 5.10 Å². The van der Waals surface area contributed by atoms with E-state index in [0.29, 0.717) is 18.5 Å². The number of aromatic nitrogens is 2. The lowest BCUT2D eigenvalue weighted by molar-refractivity contribution is -0.144. The molecule has 0 N–H and O–H groups in total. The number of hydrogen-bond acceptors (Lipinski definition) is 5. The van der Waals surface area contributed by atoms with Crippen LogP contribution in [0.3, 0.4) is 0 Å². The average molecular weight is 312 g/mol. The molecule has 1 aliphatic carbocycles. The lowest BCUT2D eigenvalue weighted by Crippen LogP contribution is -2.29. The summed E-state index contributed by atoms with van der Waals surface area (Å²) >= 11 is 0. The number of carbonyl (C=O) groups is 1. The van der Waals surface area contributed by atoms with Crippen molar-refractivity contribution in [1.82, 2.24) is 9.78 Å². The Bertz CT molecular complexity index is 608. The zero-order valence-electron chi connectivity index (χ0n) is 13.1. The number of hydrogen-bond donors (Lipinski definition) is 0. The summed E-state index contributed by atoms with van der Waals surface area (Å²) in [6, 6.07) is 1.26. The maximum atomic E-state index is 13.7. The van der Waals surface area contributed by atoms with Crippen molar-refractivity contribution in [1.29, 1.82) is 0 Å². The maximum absolute atomic E-state index is 13.7. The highest BCUT2D eigenvalue weighted by Gasteiger charge is 2.44. The number of halogens is 1. The number of esters is 1. The molecule has 0 spiro atoms. The lowest BCUT2D eigenvalue weighted by Gasteiger charge is -2.15. The van der Waals surface area contributed by atoms with Crippen molar-refractivity contribution in [2.45, 2.75) is 51.7 Å². The minimum atomic E-state index is -1.27. The third kappa shape index (κ3) is 4.05. The van der Waals surface area contributed by atoms with Crippen LogP contribution in [0.15, 0.2) is 10.9 Å². The minimum Gasteiger partial charge on any atom is -0.488 e. The Hall–Kier alpha value is -1.92. The van der Waals surface area contributed by atoms with Crippen molar-refractivity contribution in [2.75, 3.05) is 13.2 Å². The van der Waals surface area contributed by atoms with Crippen LogP contribution in [0.5, 0.6) is 5.75 Å². The van der Waals surface area contributed by atoms with Crippen LogP contribution in [0.2, 0.25) is 0 Å². The molecular weight excluding hydrogens is 291 g/mol. The number of ether oxygens (including phenoxy) is 2. The largest absolute Gasteiger partial charge is 0.488 e. The van der Waals surface area contributed by atoms with Crippen molar-refractivity contribution >= 4 is 5.97 Å². The first kappa shape index (κ1) is 16.5. The van der Waals surface area contributed by atoms with Gasteiger partial charge in [-0.25, -0.2) is 9.07 Å². The van der Waals surface area contributed by atoms with Crippen molar-refractivity contribution in [3.05, 3.63) is 22.1 Å². The second kappa shape index (κ2) is 6.46. The second-order valence-corrected chi connectivity index (χ2v) is 5.79.